The second kappa shape index (κ2) is 6.42. The van der Waals surface area contributed by atoms with Crippen molar-refractivity contribution in [3.63, 3.8) is 0 Å². The molecule has 0 aliphatic carbocycles. The minimum Gasteiger partial charge on any atom is -0.354 e. The lowest BCUT2D eigenvalue weighted by Crippen LogP contribution is -2.11. The molecule has 0 fully saturated rings. The van der Waals surface area contributed by atoms with Gasteiger partial charge in [0.1, 0.15) is 5.01 Å². The van der Waals surface area contributed by atoms with E-state index in [9.17, 15) is 0 Å². The highest BCUT2D eigenvalue weighted by Crippen LogP contribution is 2.41. The largest absolute Gasteiger partial charge is 0.354 e. The lowest BCUT2D eigenvalue weighted by Gasteiger charge is -2.20. The van der Waals surface area contributed by atoms with Crippen molar-refractivity contribution in [2.24, 2.45) is 0 Å². The maximum absolute atomic E-state index is 4.98. The number of hydrogen-bond acceptors (Lipinski definition) is 2. The molecule has 2 nitrogen and oxygen atoms in total. The first-order valence-electron chi connectivity index (χ1n) is 10.6. The van der Waals surface area contributed by atoms with Crippen LogP contribution in [-0.2, 0) is 10.8 Å². The zero-order valence-corrected chi connectivity index (χ0v) is 19.4. The minimum absolute atomic E-state index is 0.0604. The molecule has 2 aromatic heterocycles. The number of fused-ring (bicyclic) bond motifs is 4. The standard InChI is InChI=1S/C27H28N2S/c1-26(2,3)16-11-12-21-18(13-16)19-14-17(27(4,5)6)15-20(24(19)28-21)25-29-22-9-7-8-10-23(22)30-25/h7-15,28H,1-6H3. The number of para-hydroxylation sites is 1. The van der Waals surface area contributed by atoms with Crippen LogP contribution >= 0.6 is 11.3 Å². The van der Waals surface area contributed by atoms with Crippen LogP contribution in [0.25, 0.3) is 42.6 Å². The Hall–Kier alpha value is -2.65. The molecule has 0 saturated carbocycles. The summed E-state index contributed by atoms with van der Waals surface area (Å²) in [5.74, 6) is 0. The molecule has 0 aliphatic rings. The Morgan fingerprint density at radius 1 is 0.767 bits per heavy atom. The number of H-pyrrole nitrogens is 1. The monoisotopic (exact) mass is 412 g/mol. The van der Waals surface area contributed by atoms with Crippen molar-refractivity contribution >= 4 is 43.4 Å². The average molecular weight is 413 g/mol. The fourth-order valence-electron chi connectivity index (χ4n) is 4.06. The van der Waals surface area contributed by atoms with Gasteiger partial charge in [0, 0.05) is 21.9 Å². The molecule has 0 atom stereocenters. The summed E-state index contributed by atoms with van der Waals surface area (Å²) in [7, 11) is 0. The molecule has 0 radical (unpaired) electrons. The van der Waals surface area contributed by atoms with E-state index in [-0.39, 0.29) is 10.8 Å². The lowest BCUT2D eigenvalue weighted by atomic mass is 9.84. The second-order valence-electron chi connectivity index (χ2n) is 10.3. The van der Waals surface area contributed by atoms with Gasteiger partial charge in [-0.15, -0.1) is 11.3 Å². The van der Waals surface area contributed by atoms with Crippen molar-refractivity contribution in [1.82, 2.24) is 9.97 Å². The third-order valence-electron chi connectivity index (χ3n) is 5.96. The first-order chi connectivity index (χ1) is 14.1. The molecule has 2 heterocycles. The number of rotatable bonds is 1. The van der Waals surface area contributed by atoms with E-state index in [1.54, 1.807) is 11.3 Å². The van der Waals surface area contributed by atoms with Crippen LogP contribution < -0.4 is 0 Å². The molecule has 152 valence electrons. The first kappa shape index (κ1) is 19.3. The Balaban J connectivity index is 1.87. The van der Waals surface area contributed by atoms with Crippen LogP contribution in [0.5, 0.6) is 0 Å². The topological polar surface area (TPSA) is 28.7 Å². The van der Waals surface area contributed by atoms with Crippen molar-refractivity contribution in [1.29, 1.82) is 0 Å². The van der Waals surface area contributed by atoms with Crippen molar-refractivity contribution in [3.8, 4) is 10.6 Å². The number of thiazole rings is 1. The van der Waals surface area contributed by atoms with Gasteiger partial charge in [0.25, 0.3) is 0 Å². The van der Waals surface area contributed by atoms with Gasteiger partial charge >= 0.3 is 0 Å². The Morgan fingerprint density at radius 2 is 1.47 bits per heavy atom. The maximum atomic E-state index is 4.98. The number of aromatic nitrogens is 2. The molecule has 3 aromatic carbocycles. The van der Waals surface area contributed by atoms with Gasteiger partial charge in [-0.05, 0) is 58.4 Å². The fraction of sp³-hybridized carbons (Fsp3) is 0.296. The van der Waals surface area contributed by atoms with Crippen LogP contribution in [0.15, 0.2) is 54.6 Å². The van der Waals surface area contributed by atoms with Crippen LogP contribution in [0.1, 0.15) is 52.7 Å². The van der Waals surface area contributed by atoms with Crippen molar-refractivity contribution in [3.05, 3.63) is 65.7 Å². The van der Waals surface area contributed by atoms with Gasteiger partial charge in [-0.1, -0.05) is 59.7 Å². The zero-order chi connectivity index (χ0) is 21.3. The molecule has 0 unspecified atom stereocenters. The summed E-state index contributed by atoms with van der Waals surface area (Å²) in [5, 5.41) is 3.67. The van der Waals surface area contributed by atoms with E-state index in [1.165, 1.54) is 43.2 Å². The molecule has 3 heteroatoms. The third-order valence-corrected chi connectivity index (χ3v) is 7.03. The Morgan fingerprint density at radius 3 is 2.17 bits per heavy atom. The molecule has 30 heavy (non-hydrogen) atoms. The van der Waals surface area contributed by atoms with Gasteiger partial charge in [0.15, 0.2) is 0 Å². The van der Waals surface area contributed by atoms with Crippen molar-refractivity contribution < 1.29 is 0 Å². The van der Waals surface area contributed by atoms with Crippen LogP contribution in [-0.4, -0.2) is 9.97 Å². The molecule has 0 aliphatic heterocycles. The predicted octanol–water partition coefficient (Wildman–Crippen LogP) is 8.19. The van der Waals surface area contributed by atoms with Crippen LogP contribution in [0, 0.1) is 0 Å². The van der Waals surface area contributed by atoms with Gasteiger partial charge in [-0.25, -0.2) is 4.98 Å². The lowest BCUT2D eigenvalue weighted by molar-refractivity contribution is 0.590. The molecule has 0 spiro atoms. The van der Waals surface area contributed by atoms with E-state index < -0.39 is 0 Å². The molecular weight excluding hydrogens is 384 g/mol. The number of hydrogen-bond donors (Lipinski definition) is 1. The minimum atomic E-state index is 0.0604. The Bertz CT molecular complexity index is 1370. The van der Waals surface area contributed by atoms with Gasteiger partial charge in [0.05, 0.1) is 15.7 Å². The van der Waals surface area contributed by atoms with Gasteiger partial charge in [-0.2, -0.15) is 0 Å². The van der Waals surface area contributed by atoms with Crippen molar-refractivity contribution in [2.45, 2.75) is 52.4 Å². The average Bonchev–Trinajstić information content (AvgIpc) is 3.26. The van der Waals surface area contributed by atoms with Gasteiger partial charge in [0.2, 0.25) is 0 Å². The van der Waals surface area contributed by atoms with E-state index in [0.29, 0.717) is 0 Å². The molecule has 0 saturated heterocycles. The highest BCUT2D eigenvalue weighted by Gasteiger charge is 2.22. The highest BCUT2D eigenvalue weighted by atomic mass is 32.1. The Labute approximate surface area is 182 Å². The SMILES string of the molecule is CC(C)(C)c1ccc2[nH]c3c(-c4nc5ccccc5s4)cc(C(C)(C)C)cc3c2c1. The van der Waals surface area contributed by atoms with Crippen LogP contribution in [0.3, 0.4) is 0 Å². The molecular formula is C27H28N2S. The van der Waals surface area contributed by atoms with E-state index >= 15 is 0 Å². The summed E-state index contributed by atoms with van der Waals surface area (Å²) in [6, 6.07) is 19.9. The third kappa shape index (κ3) is 3.13. The van der Waals surface area contributed by atoms with Crippen molar-refractivity contribution in [2.75, 3.05) is 0 Å². The summed E-state index contributed by atoms with van der Waals surface area (Å²) in [6.07, 6.45) is 0. The van der Waals surface area contributed by atoms with E-state index in [4.69, 9.17) is 4.98 Å². The summed E-state index contributed by atoms with van der Waals surface area (Å²) in [5.41, 5.74) is 7.52. The van der Waals surface area contributed by atoms with E-state index in [2.05, 4.69) is 101 Å². The van der Waals surface area contributed by atoms with Crippen LogP contribution in [0.2, 0.25) is 0 Å². The number of aromatic amines is 1. The van der Waals surface area contributed by atoms with E-state index in [1.807, 2.05) is 0 Å². The van der Waals surface area contributed by atoms with Crippen LogP contribution in [0.4, 0.5) is 0 Å². The maximum Gasteiger partial charge on any atom is 0.126 e. The van der Waals surface area contributed by atoms with Gasteiger partial charge in [-0.3, -0.25) is 0 Å². The fourth-order valence-corrected chi connectivity index (χ4v) is 5.04. The summed E-state index contributed by atoms with van der Waals surface area (Å²) in [6.45, 7) is 13.7. The predicted molar refractivity (Wildman–Crippen MR) is 132 cm³/mol. The van der Waals surface area contributed by atoms with E-state index in [0.717, 1.165) is 10.5 Å². The number of nitrogens with zero attached hydrogens (tertiary/aromatic N) is 1. The number of nitrogens with one attached hydrogen (secondary N) is 1. The molecule has 0 amide bonds. The quantitative estimate of drug-likeness (QED) is 0.295. The molecule has 5 rings (SSSR count). The Kier molecular flexibility index (Phi) is 4.14. The summed E-state index contributed by atoms with van der Waals surface area (Å²) in [4.78, 5) is 8.70. The summed E-state index contributed by atoms with van der Waals surface area (Å²) >= 11 is 1.77. The summed E-state index contributed by atoms with van der Waals surface area (Å²) < 4.78 is 1.23. The zero-order valence-electron chi connectivity index (χ0n) is 18.6. The molecule has 5 aromatic rings. The molecule has 1 N–H and O–H groups in total. The normalized spacial score (nSPS) is 13.0. The van der Waals surface area contributed by atoms with Gasteiger partial charge < -0.3 is 4.98 Å². The smallest absolute Gasteiger partial charge is 0.126 e. The first-order valence-corrected chi connectivity index (χ1v) is 11.4. The second-order valence-corrected chi connectivity index (χ2v) is 11.3. The molecule has 0 bridgehead atoms. The number of benzene rings is 3. The highest BCUT2D eigenvalue weighted by molar-refractivity contribution is 7.21.